The summed E-state index contributed by atoms with van der Waals surface area (Å²) in [5.74, 6) is 0.0898. The first-order valence-electron chi connectivity index (χ1n) is 9.50. The van der Waals surface area contributed by atoms with Gasteiger partial charge in [-0.2, -0.15) is 0 Å². The predicted molar refractivity (Wildman–Crippen MR) is 98.9 cm³/mol. The van der Waals surface area contributed by atoms with Crippen LogP contribution in [0.2, 0.25) is 0 Å². The van der Waals surface area contributed by atoms with Gasteiger partial charge in [0.1, 0.15) is 6.54 Å². The maximum atomic E-state index is 12.8. The van der Waals surface area contributed by atoms with Crippen LogP contribution in [0.3, 0.4) is 0 Å². The average Bonchev–Trinajstić information content (AvgIpc) is 2.90. The molecular formula is C19H32N4O3. The summed E-state index contributed by atoms with van der Waals surface area (Å²) >= 11 is 0. The molecule has 2 aliphatic rings. The lowest BCUT2D eigenvalue weighted by atomic mass is 9.69. The molecule has 7 heteroatoms. The molecule has 0 radical (unpaired) electrons. The van der Waals surface area contributed by atoms with Gasteiger partial charge >= 0.3 is 0 Å². The zero-order valence-electron chi connectivity index (χ0n) is 16.5. The molecule has 1 atom stereocenters. The standard InChI is InChI=1S/C19H32N4O3/c1-15-16(2)23(14-20-15)11-17(24)22-6-5-19(25,18(3,4)12-22)13-21-7-9-26-10-8-21/h14,25H,5-13H2,1-4H3. The van der Waals surface area contributed by atoms with Gasteiger partial charge in [0.15, 0.2) is 0 Å². The van der Waals surface area contributed by atoms with E-state index >= 15 is 0 Å². The molecule has 0 aliphatic carbocycles. The summed E-state index contributed by atoms with van der Waals surface area (Å²) in [5.41, 5.74) is 0.831. The van der Waals surface area contributed by atoms with Crippen molar-refractivity contribution in [2.24, 2.45) is 5.41 Å². The van der Waals surface area contributed by atoms with Gasteiger partial charge in [-0.25, -0.2) is 4.98 Å². The summed E-state index contributed by atoms with van der Waals surface area (Å²) in [6, 6.07) is 0. The summed E-state index contributed by atoms with van der Waals surface area (Å²) in [4.78, 5) is 21.2. The molecule has 146 valence electrons. The third kappa shape index (κ3) is 3.80. The molecule has 2 aliphatic heterocycles. The van der Waals surface area contributed by atoms with Crippen LogP contribution in [0.15, 0.2) is 6.33 Å². The number of aromatic nitrogens is 2. The molecule has 3 rings (SSSR count). The highest BCUT2D eigenvalue weighted by Gasteiger charge is 2.49. The zero-order valence-corrected chi connectivity index (χ0v) is 16.5. The third-order valence-electron chi connectivity index (χ3n) is 6.23. The van der Waals surface area contributed by atoms with Crippen LogP contribution in [0.4, 0.5) is 0 Å². The van der Waals surface area contributed by atoms with Crippen molar-refractivity contribution in [2.45, 2.75) is 46.3 Å². The van der Waals surface area contributed by atoms with Gasteiger partial charge in [-0.15, -0.1) is 0 Å². The first-order chi connectivity index (χ1) is 12.2. The number of imidazole rings is 1. The molecule has 0 aromatic carbocycles. The molecule has 7 nitrogen and oxygen atoms in total. The number of morpholine rings is 1. The number of amides is 1. The van der Waals surface area contributed by atoms with Crippen LogP contribution in [0.5, 0.6) is 0 Å². The van der Waals surface area contributed by atoms with Crippen molar-refractivity contribution in [3.63, 3.8) is 0 Å². The fourth-order valence-electron chi connectivity index (χ4n) is 3.95. The maximum Gasteiger partial charge on any atom is 0.242 e. The van der Waals surface area contributed by atoms with Gasteiger partial charge in [0.2, 0.25) is 5.91 Å². The topological polar surface area (TPSA) is 70.8 Å². The highest BCUT2D eigenvalue weighted by Crippen LogP contribution is 2.39. The third-order valence-corrected chi connectivity index (χ3v) is 6.23. The number of hydrogen-bond acceptors (Lipinski definition) is 5. The van der Waals surface area contributed by atoms with Crippen molar-refractivity contribution in [3.05, 3.63) is 17.7 Å². The lowest BCUT2D eigenvalue weighted by Crippen LogP contribution is -2.63. The number of ether oxygens (including phenoxy) is 1. The molecule has 26 heavy (non-hydrogen) atoms. The van der Waals surface area contributed by atoms with E-state index in [0.29, 0.717) is 32.6 Å². The van der Waals surface area contributed by atoms with E-state index in [9.17, 15) is 9.90 Å². The monoisotopic (exact) mass is 364 g/mol. The van der Waals surface area contributed by atoms with Gasteiger partial charge in [0, 0.05) is 43.8 Å². The molecule has 1 aromatic heterocycles. The van der Waals surface area contributed by atoms with Crippen LogP contribution in [0.1, 0.15) is 31.7 Å². The molecule has 1 aromatic rings. The summed E-state index contributed by atoms with van der Waals surface area (Å²) in [7, 11) is 0. The second kappa shape index (κ2) is 7.29. The van der Waals surface area contributed by atoms with Gasteiger partial charge in [-0.3, -0.25) is 9.69 Å². The van der Waals surface area contributed by atoms with Crippen molar-refractivity contribution >= 4 is 5.91 Å². The number of rotatable bonds is 4. The van der Waals surface area contributed by atoms with Crippen LogP contribution in [-0.4, -0.2) is 81.9 Å². The van der Waals surface area contributed by atoms with E-state index in [-0.39, 0.29) is 11.3 Å². The Balaban J connectivity index is 1.63. The van der Waals surface area contributed by atoms with Crippen LogP contribution < -0.4 is 0 Å². The molecule has 2 saturated heterocycles. The maximum absolute atomic E-state index is 12.8. The normalized spacial score (nSPS) is 26.9. The Hall–Kier alpha value is -1.44. The number of nitrogens with zero attached hydrogens (tertiary/aromatic N) is 4. The first kappa shape index (κ1) is 19.3. The fourth-order valence-corrected chi connectivity index (χ4v) is 3.95. The molecule has 2 fully saturated rings. The van der Waals surface area contributed by atoms with Crippen LogP contribution in [0, 0.1) is 19.3 Å². The molecule has 0 bridgehead atoms. The molecular weight excluding hydrogens is 332 g/mol. The molecule has 1 N–H and O–H groups in total. The number of aryl methyl sites for hydroxylation is 1. The van der Waals surface area contributed by atoms with Gasteiger partial charge in [-0.05, 0) is 20.3 Å². The molecule has 1 unspecified atom stereocenters. The zero-order chi connectivity index (χ0) is 18.9. The lowest BCUT2D eigenvalue weighted by molar-refractivity contribution is -0.158. The smallest absolute Gasteiger partial charge is 0.242 e. The quantitative estimate of drug-likeness (QED) is 0.857. The Labute approximate surface area is 155 Å². The Morgan fingerprint density at radius 2 is 1.96 bits per heavy atom. The van der Waals surface area contributed by atoms with Crippen LogP contribution in [0.25, 0.3) is 0 Å². The minimum absolute atomic E-state index is 0.0898. The summed E-state index contributed by atoms with van der Waals surface area (Å²) < 4.78 is 7.31. The molecule has 0 spiro atoms. The van der Waals surface area contributed by atoms with Crippen molar-refractivity contribution < 1.29 is 14.6 Å². The highest BCUT2D eigenvalue weighted by atomic mass is 16.5. The Bertz CT molecular complexity index is 651. The van der Waals surface area contributed by atoms with E-state index in [1.807, 2.05) is 23.3 Å². The van der Waals surface area contributed by atoms with E-state index < -0.39 is 5.60 Å². The number of carbonyl (C=O) groups is 1. The number of β-amino-alcohol motifs (C(OH)–C–C–N with tert-alkyl or cyclic N) is 1. The second-order valence-electron chi connectivity index (χ2n) is 8.41. The van der Waals surface area contributed by atoms with E-state index in [1.54, 1.807) is 6.33 Å². The van der Waals surface area contributed by atoms with Gasteiger partial charge in [0.25, 0.3) is 0 Å². The van der Waals surface area contributed by atoms with E-state index in [1.165, 1.54) is 0 Å². The summed E-state index contributed by atoms with van der Waals surface area (Å²) in [6.07, 6.45) is 2.33. The van der Waals surface area contributed by atoms with Crippen molar-refractivity contribution in [2.75, 3.05) is 45.9 Å². The predicted octanol–water partition coefficient (Wildman–Crippen LogP) is 0.822. The second-order valence-corrected chi connectivity index (χ2v) is 8.41. The molecule has 1 amide bonds. The first-order valence-corrected chi connectivity index (χ1v) is 9.50. The number of likely N-dealkylation sites (tertiary alicyclic amines) is 1. The lowest BCUT2D eigenvalue weighted by Gasteiger charge is -2.52. The number of aliphatic hydroxyl groups is 1. The Morgan fingerprint density at radius 1 is 1.27 bits per heavy atom. The highest BCUT2D eigenvalue weighted by molar-refractivity contribution is 5.76. The summed E-state index contributed by atoms with van der Waals surface area (Å²) in [5, 5.41) is 11.4. The van der Waals surface area contributed by atoms with Gasteiger partial charge in [0.05, 0.1) is 30.8 Å². The van der Waals surface area contributed by atoms with E-state index in [2.05, 4.69) is 23.7 Å². The molecule has 0 saturated carbocycles. The number of hydrogen-bond donors (Lipinski definition) is 1. The number of carbonyl (C=O) groups excluding carboxylic acids is 1. The average molecular weight is 364 g/mol. The Morgan fingerprint density at radius 3 is 2.54 bits per heavy atom. The fraction of sp³-hybridized carbons (Fsp3) is 0.789. The van der Waals surface area contributed by atoms with Crippen molar-refractivity contribution in [3.8, 4) is 0 Å². The largest absolute Gasteiger partial charge is 0.388 e. The van der Waals surface area contributed by atoms with Gasteiger partial charge < -0.3 is 19.3 Å². The molecule has 3 heterocycles. The van der Waals surface area contributed by atoms with Gasteiger partial charge in [-0.1, -0.05) is 13.8 Å². The number of piperidine rings is 1. The van der Waals surface area contributed by atoms with E-state index in [0.717, 1.165) is 37.7 Å². The Kier molecular flexibility index (Phi) is 5.42. The SMILES string of the molecule is Cc1ncn(CC(=O)N2CCC(O)(CN3CCOCC3)C(C)(C)C2)c1C. The van der Waals surface area contributed by atoms with Crippen LogP contribution in [-0.2, 0) is 16.1 Å². The minimum Gasteiger partial charge on any atom is -0.388 e. The van der Waals surface area contributed by atoms with E-state index in [4.69, 9.17) is 4.74 Å². The summed E-state index contributed by atoms with van der Waals surface area (Å²) in [6.45, 7) is 13.4. The van der Waals surface area contributed by atoms with Crippen molar-refractivity contribution in [1.29, 1.82) is 0 Å². The minimum atomic E-state index is -0.789. The van der Waals surface area contributed by atoms with Crippen molar-refractivity contribution in [1.82, 2.24) is 19.4 Å². The van der Waals surface area contributed by atoms with Crippen LogP contribution >= 0.6 is 0 Å².